The number of carbonyl (C=O) groups is 2. The van der Waals surface area contributed by atoms with Gasteiger partial charge in [0.15, 0.2) is 0 Å². The van der Waals surface area contributed by atoms with Gasteiger partial charge in [-0.2, -0.15) is 4.98 Å². The van der Waals surface area contributed by atoms with Gasteiger partial charge in [-0.3, -0.25) is 5.32 Å². The number of nitrogens with one attached hydrogen (secondary N) is 2. The zero-order chi connectivity index (χ0) is 20.2. The van der Waals surface area contributed by atoms with Crippen molar-refractivity contribution in [2.75, 3.05) is 19.5 Å². The summed E-state index contributed by atoms with van der Waals surface area (Å²) in [7, 11) is -1.96. The summed E-state index contributed by atoms with van der Waals surface area (Å²) in [6.45, 7) is 1.64. The minimum atomic E-state index is -4.44. The van der Waals surface area contributed by atoms with Gasteiger partial charge in [0.2, 0.25) is 11.8 Å². The van der Waals surface area contributed by atoms with Gasteiger partial charge in [0, 0.05) is 23.0 Å². The van der Waals surface area contributed by atoms with E-state index in [4.69, 9.17) is 17.0 Å². The van der Waals surface area contributed by atoms with Gasteiger partial charge in [-0.15, -0.1) is 0 Å². The molecule has 0 spiro atoms. The van der Waals surface area contributed by atoms with Crippen LogP contribution < -0.4 is 14.8 Å². The number of urea groups is 1. The molecule has 144 valence electrons. The van der Waals surface area contributed by atoms with Gasteiger partial charge < -0.3 is 9.47 Å². The highest BCUT2D eigenvalue weighted by Gasteiger charge is 2.31. The highest BCUT2D eigenvalue weighted by atomic mass is 32.2. The first-order valence-corrected chi connectivity index (χ1v) is 9.33. The van der Waals surface area contributed by atoms with Crippen LogP contribution in [0.3, 0.4) is 0 Å². The lowest BCUT2D eigenvalue weighted by Crippen LogP contribution is -2.38. The van der Waals surface area contributed by atoms with Crippen molar-refractivity contribution in [1.29, 1.82) is 0 Å². The van der Waals surface area contributed by atoms with Crippen LogP contribution in [0.1, 0.15) is 12.1 Å². The van der Waals surface area contributed by atoms with E-state index in [0.29, 0.717) is 5.69 Å². The van der Waals surface area contributed by atoms with E-state index in [2.05, 4.69) is 20.0 Å². The predicted octanol–water partition coefficient (Wildman–Crippen LogP) is 1.00. The maximum atomic E-state index is 12.6. The van der Waals surface area contributed by atoms with Crippen LogP contribution in [0.4, 0.5) is 10.7 Å². The average Bonchev–Trinajstić information content (AvgIpc) is 2.59. The summed E-state index contributed by atoms with van der Waals surface area (Å²) < 4.78 is 36.5. The minimum absolute atomic E-state index is 0.0216. The van der Waals surface area contributed by atoms with Crippen molar-refractivity contribution in [2.24, 2.45) is 0 Å². The summed E-state index contributed by atoms with van der Waals surface area (Å²) in [6, 6.07) is 0.400. The van der Waals surface area contributed by atoms with E-state index in [1.54, 1.807) is 11.6 Å². The molecular formula is C15H16N4O6S2. The Bertz CT molecular complexity index is 969. The van der Waals surface area contributed by atoms with Crippen LogP contribution in [-0.4, -0.2) is 49.5 Å². The second kappa shape index (κ2) is 8.22. The number of carbonyl (C=O) groups excluding carboxylic acids is 2. The lowest BCUT2D eigenvalue weighted by Gasteiger charge is -2.16. The van der Waals surface area contributed by atoms with Crippen molar-refractivity contribution in [2.45, 2.75) is 13.3 Å². The molecule has 1 heterocycles. The number of thiocarbonyl (C=S) groups is 1. The number of rotatable bonds is 5. The molecule has 2 N–H and O–H groups in total. The third kappa shape index (κ3) is 4.86. The van der Waals surface area contributed by atoms with Crippen molar-refractivity contribution >= 4 is 45.1 Å². The molecule has 0 radical (unpaired) electrons. The molecule has 1 aromatic rings. The summed E-state index contributed by atoms with van der Waals surface area (Å²) in [5.41, 5.74) is 0.233. The number of aromatic nitrogens is 2. The van der Waals surface area contributed by atoms with Crippen LogP contribution in [-0.2, 0) is 19.6 Å². The van der Waals surface area contributed by atoms with Gasteiger partial charge in [0.1, 0.15) is 4.91 Å². The quantitative estimate of drug-likeness (QED) is 0.536. The Hall–Kier alpha value is -2.86. The Balaban J connectivity index is 2.29. The molecule has 0 fully saturated rings. The summed E-state index contributed by atoms with van der Waals surface area (Å²) in [5, 5.41) is 2.19. The van der Waals surface area contributed by atoms with Gasteiger partial charge >= 0.3 is 12.0 Å². The molecule has 2 rings (SSSR count). The zero-order valence-electron chi connectivity index (χ0n) is 14.6. The second-order valence-electron chi connectivity index (χ2n) is 5.20. The van der Waals surface area contributed by atoms with E-state index in [0.717, 1.165) is 7.11 Å². The van der Waals surface area contributed by atoms with Crippen LogP contribution in [0.25, 0.3) is 0 Å². The van der Waals surface area contributed by atoms with E-state index in [1.807, 2.05) is 0 Å². The zero-order valence-corrected chi connectivity index (χ0v) is 16.2. The Morgan fingerprint density at radius 3 is 2.59 bits per heavy atom. The Labute approximate surface area is 160 Å². The fourth-order valence-electron chi connectivity index (χ4n) is 2.17. The summed E-state index contributed by atoms with van der Waals surface area (Å²) in [5.74, 6) is -0.858. The lowest BCUT2D eigenvalue weighted by atomic mass is 10.1. The largest absolute Gasteiger partial charge is 0.481 e. The van der Waals surface area contributed by atoms with Gasteiger partial charge in [-0.1, -0.05) is 18.3 Å². The molecule has 1 aliphatic rings. The Morgan fingerprint density at radius 1 is 1.26 bits per heavy atom. The van der Waals surface area contributed by atoms with Gasteiger partial charge in [-0.05, 0) is 13.0 Å². The van der Waals surface area contributed by atoms with Crippen LogP contribution in [0, 0.1) is 6.92 Å². The molecule has 0 saturated carbocycles. The highest BCUT2D eigenvalue weighted by molar-refractivity contribution is 7.97. The first kappa shape index (κ1) is 20.5. The normalized spacial score (nSPS) is 14.0. The molecule has 1 aromatic heterocycles. The molecule has 0 atom stereocenters. The number of allylic oxidation sites excluding steroid dienone is 2. The second-order valence-corrected chi connectivity index (χ2v) is 7.31. The van der Waals surface area contributed by atoms with E-state index < -0.39 is 26.9 Å². The van der Waals surface area contributed by atoms with Crippen molar-refractivity contribution in [3.8, 4) is 5.88 Å². The molecular weight excluding hydrogens is 396 g/mol. The maximum absolute atomic E-state index is 12.6. The molecule has 0 aromatic carbocycles. The summed E-state index contributed by atoms with van der Waals surface area (Å²) >= 11 is 5.04. The Kier molecular flexibility index (Phi) is 6.23. The first-order valence-electron chi connectivity index (χ1n) is 7.43. The SMILES string of the molecule is COC(=O)C1=C(S(=O)(=O)NC(=O)Nc2nc(C)cc(OC)n2)C(=S)CC=C1. The molecule has 2 amide bonds. The standard InChI is InChI=1S/C15H16N4O6S2/c1-8-7-11(24-2)17-14(16-8)18-15(21)19-27(22,23)12-9(13(20)25-3)5-4-6-10(12)26/h4-5,7H,6H2,1-3H3,(H2,16,17,18,19,21). The van der Waals surface area contributed by atoms with Crippen molar-refractivity contribution in [3.63, 3.8) is 0 Å². The number of hydrogen-bond donors (Lipinski definition) is 2. The molecule has 0 bridgehead atoms. The molecule has 0 aliphatic heterocycles. The number of hydrogen-bond acceptors (Lipinski definition) is 9. The van der Waals surface area contributed by atoms with Crippen LogP contribution >= 0.6 is 12.2 Å². The number of ether oxygens (including phenoxy) is 2. The van der Waals surface area contributed by atoms with Crippen LogP contribution in [0.15, 0.2) is 28.7 Å². The van der Waals surface area contributed by atoms with Crippen molar-refractivity contribution in [3.05, 3.63) is 34.4 Å². The maximum Gasteiger partial charge on any atom is 0.339 e. The van der Waals surface area contributed by atoms with E-state index in [9.17, 15) is 18.0 Å². The van der Waals surface area contributed by atoms with Crippen LogP contribution in [0.5, 0.6) is 5.88 Å². The van der Waals surface area contributed by atoms with Gasteiger partial charge in [-0.25, -0.2) is 27.7 Å². The number of aryl methyl sites for hydroxylation is 1. The van der Waals surface area contributed by atoms with E-state index >= 15 is 0 Å². The third-order valence-corrected chi connectivity index (χ3v) is 5.21. The average molecular weight is 412 g/mol. The van der Waals surface area contributed by atoms with E-state index in [1.165, 1.54) is 25.3 Å². The number of amides is 2. The fraction of sp³-hybridized carbons (Fsp3) is 0.267. The smallest absolute Gasteiger partial charge is 0.339 e. The van der Waals surface area contributed by atoms with Crippen molar-refractivity contribution in [1.82, 2.24) is 14.7 Å². The molecule has 1 aliphatic carbocycles. The summed E-state index contributed by atoms with van der Waals surface area (Å²) in [4.78, 5) is 31.3. The highest BCUT2D eigenvalue weighted by Crippen LogP contribution is 2.23. The molecule has 12 heteroatoms. The summed E-state index contributed by atoms with van der Waals surface area (Å²) in [6.07, 6.45) is 2.94. The molecule has 10 nitrogen and oxygen atoms in total. The van der Waals surface area contributed by atoms with Gasteiger partial charge in [0.25, 0.3) is 10.0 Å². The number of esters is 1. The number of anilines is 1. The van der Waals surface area contributed by atoms with Gasteiger partial charge in [0.05, 0.1) is 19.8 Å². The van der Waals surface area contributed by atoms with Crippen molar-refractivity contribution < 1.29 is 27.5 Å². The molecule has 0 saturated heterocycles. The first-order chi connectivity index (χ1) is 12.7. The molecule has 0 unspecified atom stereocenters. The number of nitrogens with zero attached hydrogens (tertiary/aromatic N) is 2. The third-order valence-electron chi connectivity index (χ3n) is 3.25. The topological polar surface area (TPSA) is 137 Å². The lowest BCUT2D eigenvalue weighted by molar-refractivity contribution is -0.135. The fourth-order valence-corrected chi connectivity index (χ4v) is 3.92. The number of sulfonamides is 1. The van der Waals surface area contributed by atoms with Crippen LogP contribution in [0.2, 0.25) is 0 Å². The number of methoxy groups -OCH3 is 2. The Morgan fingerprint density at radius 2 is 1.96 bits per heavy atom. The monoisotopic (exact) mass is 412 g/mol. The molecule has 27 heavy (non-hydrogen) atoms. The predicted molar refractivity (Wildman–Crippen MR) is 99.8 cm³/mol. The van der Waals surface area contributed by atoms with E-state index in [-0.39, 0.29) is 28.7 Å². The minimum Gasteiger partial charge on any atom is -0.481 e.